The van der Waals surface area contributed by atoms with Crippen LogP contribution in [0.1, 0.15) is 11.3 Å². The Morgan fingerprint density at radius 1 is 1.05 bits per heavy atom. The normalized spacial score (nSPS) is 15.5. The average Bonchev–Trinajstić information content (AvgIpc) is 2.79. The molecule has 2 N–H and O–H groups in total. The van der Waals surface area contributed by atoms with Crippen molar-refractivity contribution < 1.29 is 45.0 Å². The predicted octanol–water partition coefficient (Wildman–Crippen LogP) is 4.80. The first-order valence-electron chi connectivity index (χ1n) is 10.0. The number of rotatable bonds is 5. The fourth-order valence-corrected chi connectivity index (χ4v) is 4.06. The van der Waals surface area contributed by atoms with Crippen LogP contribution in [0.2, 0.25) is 0 Å². The first-order chi connectivity index (χ1) is 17.3. The quantitative estimate of drug-likeness (QED) is 0.442. The number of anilines is 2. The number of alkyl halides is 4. The van der Waals surface area contributed by atoms with Gasteiger partial charge in [0.15, 0.2) is 9.84 Å². The van der Waals surface area contributed by atoms with Gasteiger partial charge in [-0.1, -0.05) is 0 Å². The molecule has 1 aromatic heterocycles. The molecule has 0 radical (unpaired) electrons. The molecule has 10 nitrogen and oxygen atoms in total. The third-order valence-corrected chi connectivity index (χ3v) is 5.85. The van der Waals surface area contributed by atoms with Crippen LogP contribution in [-0.2, 0) is 20.7 Å². The molecule has 0 bridgehead atoms. The molecule has 0 spiro atoms. The SMILES string of the molecule is CS(=O)(=O)c1cc(Oc2ccnc(C#N)c2)ccc1NC(=O)Nc1ccc2c(c1)C(F)(F)OC(F)(F)O2. The van der Waals surface area contributed by atoms with Crippen molar-refractivity contribution in [3.05, 3.63) is 66.0 Å². The Balaban J connectivity index is 1.55. The number of fused-ring (bicyclic) bond motifs is 1. The molecule has 2 amide bonds. The molecular weight excluding hydrogens is 524 g/mol. The first kappa shape index (κ1) is 25.7. The highest BCUT2D eigenvalue weighted by molar-refractivity contribution is 7.90. The van der Waals surface area contributed by atoms with Gasteiger partial charge in [0, 0.05) is 30.3 Å². The van der Waals surface area contributed by atoms with E-state index in [2.05, 4.69) is 25.1 Å². The van der Waals surface area contributed by atoms with Gasteiger partial charge in [-0.2, -0.15) is 14.0 Å². The van der Waals surface area contributed by atoms with Gasteiger partial charge in [-0.05, 0) is 36.4 Å². The molecule has 3 aromatic rings. The summed E-state index contributed by atoms with van der Waals surface area (Å²) in [5.41, 5.74) is -1.40. The minimum absolute atomic E-state index is 0.0650. The van der Waals surface area contributed by atoms with E-state index in [0.29, 0.717) is 6.07 Å². The number of carbonyl (C=O) groups excluding carboxylic acids is 1. The van der Waals surface area contributed by atoms with Gasteiger partial charge < -0.3 is 20.1 Å². The number of nitriles is 1. The Labute approximate surface area is 206 Å². The average molecular weight is 538 g/mol. The summed E-state index contributed by atoms with van der Waals surface area (Å²) in [6.45, 7) is 0. The lowest BCUT2D eigenvalue weighted by molar-refractivity contribution is -0.461. The van der Waals surface area contributed by atoms with E-state index in [9.17, 15) is 30.8 Å². The number of halogens is 4. The van der Waals surface area contributed by atoms with Crippen LogP contribution in [0, 0.1) is 11.3 Å². The van der Waals surface area contributed by atoms with Gasteiger partial charge in [0.05, 0.1) is 16.1 Å². The van der Waals surface area contributed by atoms with E-state index in [1.54, 1.807) is 0 Å². The predicted molar refractivity (Wildman–Crippen MR) is 118 cm³/mol. The molecule has 0 unspecified atom stereocenters. The van der Waals surface area contributed by atoms with Crippen LogP contribution in [-0.4, -0.2) is 32.0 Å². The molecule has 4 rings (SSSR count). The molecule has 0 fully saturated rings. The highest BCUT2D eigenvalue weighted by Crippen LogP contribution is 2.46. The van der Waals surface area contributed by atoms with Gasteiger partial charge in [-0.25, -0.2) is 22.9 Å². The van der Waals surface area contributed by atoms with Crippen molar-refractivity contribution in [1.29, 1.82) is 5.26 Å². The summed E-state index contributed by atoms with van der Waals surface area (Å²) in [6.07, 6.45) is -6.74. The van der Waals surface area contributed by atoms with Gasteiger partial charge in [0.25, 0.3) is 0 Å². The first-order valence-corrected chi connectivity index (χ1v) is 11.9. The lowest BCUT2D eigenvalue weighted by Gasteiger charge is -2.30. The number of nitrogens with zero attached hydrogens (tertiary/aromatic N) is 2. The van der Waals surface area contributed by atoms with Crippen LogP contribution in [0.25, 0.3) is 0 Å². The molecule has 0 saturated heterocycles. The number of amides is 2. The molecule has 37 heavy (non-hydrogen) atoms. The second-order valence-electron chi connectivity index (χ2n) is 7.50. The number of aromatic nitrogens is 1. The Bertz CT molecular complexity index is 1540. The number of hydrogen-bond acceptors (Lipinski definition) is 8. The molecule has 2 aromatic carbocycles. The van der Waals surface area contributed by atoms with Crippen molar-refractivity contribution in [1.82, 2.24) is 4.98 Å². The number of urea groups is 1. The molecule has 1 aliphatic rings. The zero-order valence-electron chi connectivity index (χ0n) is 18.5. The number of carbonyl (C=O) groups is 1. The molecule has 1 aliphatic heterocycles. The van der Waals surface area contributed by atoms with E-state index in [4.69, 9.17) is 10.00 Å². The number of ether oxygens (including phenoxy) is 3. The van der Waals surface area contributed by atoms with Crippen molar-refractivity contribution in [2.75, 3.05) is 16.9 Å². The maximum atomic E-state index is 14.0. The van der Waals surface area contributed by atoms with Gasteiger partial charge in [-0.3, -0.25) is 0 Å². The van der Waals surface area contributed by atoms with Crippen molar-refractivity contribution in [3.8, 4) is 23.3 Å². The van der Waals surface area contributed by atoms with E-state index in [1.807, 2.05) is 6.07 Å². The molecule has 15 heteroatoms. The standard InChI is InChI=1S/C22H14F4N4O6S/c1-37(32,33)19-10-14(34-15-6-7-28-13(8-15)11-27)3-4-17(19)30-20(31)29-12-2-5-18-16(9-12)21(23,24)36-22(25,26)35-18/h2-10H,1H3,(H2,29,30,31). The fraction of sp³-hybridized carbons (Fsp3) is 0.136. The van der Waals surface area contributed by atoms with Crippen LogP contribution in [0.5, 0.6) is 17.2 Å². The molecular formula is C22H14F4N4O6S. The Morgan fingerprint density at radius 2 is 1.78 bits per heavy atom. The Morgan fingerprint density at radius 3 is 2.49 bits per heavy atom. The number of nitrogens with one attached hydrogen (secondary N) is 2. The summed E-state index contributed by atoms with van der Waals surface area (Å²) in [7, 11) is -3.91. The van der Waals surface area contributed by atoms with E-state index in [-0.39, 0.29) is 33.5 Å². The van der Waals surface area contributed by atoms with Crippen LogP contribution in [0.15, 0.2) is 59.6 Å². The van der Waals surface area contributed by atoms with E-state index < -0.39 is 39.6 Å². The summed E-state index contributed by atoms with van der Waals surface area (Å²) >= 11 is 0. The lowest BCUT2D eigenvalue weighted by atomic mass is 10.1. The number of hydrogen-bond donors (Lipinski definition) is 2. The van der Waals surface area contributed by atoms with E-state index in [1.165, 1.54) is 30.5 Å². The maximum Gasteiger partial charge on any atom is 0.540 e. The number of benzene rings is 2. The monoisotopic (exact) mass is 538 g/mol. The minimum atomic E-state index is -4.55. The highest BCUT2D eigenvalue weighted by Gasteiger charge is 2.54. The van der Waals surface area contributed by atoms with Crippen molar-refractivity contribution >= 4 is 27.2 Å². The van der Waals surface area contributed by atoms with Crippen LogP contribution < -0.4 is 20.1 Å². The van der Waals surface area contributed by atoms with E-state index >= 15 is 0 Å². The van der Waals surface area contributed by atoms with Crippen molar-refractivity contribution in [3.63, 3.8) is 0 Å². The summed E-state index contributed by atoms with van der Waals surface area (Å²) < 4.78 is 91.9. The van der Waals surface area contributed by atoms with E-state index in [0.717, 1.165) is 24.5 Å². The summed E-state index contributed by atoms with van der Waals surface area (Å²) in [5, 5.41) is 13.4. The molecule has 192 valence electrons. The second kappa shape index (κ2) is 9.22. The van der Waals surface area contributed by atoms with Gasteiger partial charge >= 0.3 is 18.4 Å². The largest absolute Gasteiger partial charge is 0.540 e. The molecule has 2 heterocycles. The lowest BCUT2D eigenvalue weighted by Crippen LogP contribution is -2.41. The van der Waals surface area contributed by atoms with Gasteiger partial charge in [0.1, 0.15) is 29.0 Å². The minimum Gasteiger partial charge on any atom is -0.457 e. The third kappa shape index (κ3) is 5.88. The van der Waals surface area contributed by atoms with Crippen LogP contribution >= 0.6 is 0 Å². The Hall–Kier alpha value is -4.42. The topological polar surface area (TPSA) is 140 Å². The number of sulfone groups is 1. The highest BCUT2D eigenvalue weighted by atomic mass is 32.2. The van der Waals surface area contributed by atoms with Crippen molar-refractivity contribution in [2.24, 2.45) is 0 Å². The smallest absolute Gasteiger partial charge is 0.457 e. The summed E-state index contributed by atoms with van der Waals surface area (Å²) in [6, 6.07) is 9.76. The third-order valence-electron chi connectivity index (χ3n) is 4.71. The maximum absolute atomic E-state index is 14.0. The summed E-state index contributed by atoms with van der Waals surface area (Å²) in [5.74, 6) is -0.576. The van der Waals surface area contributed by atoms with Gasteiger partial charge in [-0.15, -0.1) is 8.78 Å². The summed E-state index contributed by atoms with van der Waals surface area (Å²) in [4.78, 5) is 15.9. The van der Waals surface area contributed by atoms with Crippen LogP contribution in [0.3, 0.4) is 0 Å². The fourth-order valence-electron chi connectivity index (χ4n) is 3.21. The van der Waals surface area contributed by atoms with Crippen molar-refractivity contribution in [2.45, 2.75) is 17.3 Å². The number of pyridine rings is 1. The molecule has 0 saturated carbocycles. The van der Waals surface area contributed by atoms with Crippen LogP contribution in [0.4, 0.5) is 33.7 Å². The Kier molecular flexibility index (Phi) is 6.40. The second-order valence-corrected chi connectivity index (χ2v) is 9.48. The van der Waals surface area contributed by atoms with Gasteiger partial charge in [0.2, 0.25) is 0 Å². The molecule has 0 aliphatic carbocycles. The molecule has 0 atom stereocenters. The zero-order valence-corrected chi connectivity index (χ0v) is 19.3. The zero-order chi connectivity index (χ0) is 27.0.